The van der Waals surface area contributed by atoms with Crippen LogP contribution in [0.3, 0.4) is 0 Å². The van der Waals surface area contributed by atoms with Crippen molar-refractivity contribution >= 4 is 11.9 Å². The Kier molecular flexibility index (Phi) is 7.37. The van der Waals surface area contributed by atoms with Gasteiger partial charge in [0, 0.05) is 25.6 Å². The molecule has 1 atom stereocenters. The fourth-order valence-electron chi connectivity index (χ4n) is 2.85. The highest BCUT2D eigenvalue weighted by atomic mass is 19.1. The molecule has 1 aromatic rings. The first kappa shape index (κ1) is 22.1. The van der Waals surface area contributed by atoms with Gasteiger partial charge in [-0.05, 0) is 43.4 Å². The van der Waals surface area contributed by atoms with E-state index in [1.807, 2.05) is 20.8 Å². The molecule has 1 aliphatic heterocycles. The van der Waals surface area contributed by atoms with Crippen molar-refractivity contribution in [2.45, 2.75) is 65.1 Å². The minimum absolute atomic E-state index is 0.0536. The van der Waals surface area contributed by atoms with Gasteiger partial charge in [-0.1, -0.05) is 25.8 Å². The van der Waals surface area contributed by atoms with Crippen LogP contribution in [-0.2, 0) is 29.6 Å². The van der Waals surface area contributed by atoms with Gasteiger partial charge >= 0.3 is 11.9 Å². The van der Waals surface area contributed by atoms with E-state index in [1.165, 1.54) is 31.0 Å². The number of nitrogens with zero attached hydrogens (tertiary/aromatic N) is 1. The minimum atomic E-state index is -1.03. The first-order valence-electron chi connectivity index (χ1n) is 9.33. The molecule has 1 unspecified atom stereocenters. The largest absolute Gasteiger partial charge is 0.490 e. The number of esters is 1. The van der Waals surface area contributed by atoms with E-state index in [1.54, 1.807) is 6.07 Å². The van der Waals surface area contributed by atoms with Gasteiger partial charge in [0.25, 0.3) is 0 Å². The molecule has 0 aliphatic carbocycles. The molecule has 0 aromatic heterocycles. The first-order valence-corrected chi connectivity index (χ1v) is 9.33. The van der Waals surface area contributed by atoms with Crippen molar-refractivity contribution in [3.05, 3.63) is 29.6 Å². The standard InChI is InChI=1S/C20H28FNO6/c1-13(25-14(2)23)19(24)27-28-22-10-8-16(9-11-22)26-18-7-6-15(21)12-17(18)20(3,4)5/h6-7,12-13,16H,8-11H2,1-5H3. The number of carbonyl (C=O) groups excluding carboxylic acids is 2. The molecule has 1 aliphatic rings. The number of piperidine rings is 1. The highest BCUT2D eigenvalue weighted by molar-refractivity contribution is 5.77. The average molecular weight is 397 g/mol. The Labute approximate surface area is 164 Å². The van der Waals surface area contributed by atoms with E-state index in [9.17, 15) is 14.0 Å². The molecule has 0 N–H and O–H groups in total. The minimum Gasteiger partial charge on any atom is -0.490 e. The summed E-state index contributed by atoms with van der Waals surface area (Å²) in [6.45, 7) is 9.63. The number of rotatable bonds is 6. The molecular weight excluding hydrogens is 369 g/mol. The van der Waals surface area contributed by atoms with Crippen molar-refractivity contribution in [1.82, 2.24) is 5.06 Å². The smallest absolute Gasteiger partial charge is 0.384 e. The Hall–Kier alpha value is -2.19. The van der Waals surface area contributed by atoms with Crippen LogP contribution >= 0.6 is 0 Å². The number of halogens is 1. The van der Waals surface area contributed by atoms with Crippen LogP contribution in [0.15, 0.2) is 18.2 Å². The maximum Gasteiger partial charge on any atom is 0.384 e. The molecular formula is C20H28FNO6. The fraction of sp³-hybridized carbons (Fsp3) is 0.600. The van der Waals surface area contributed by atoms with Gasteiger partial charge in [-0.25, -0.2) is 9.18 Å². The van der Waals surface area contributed by atoms with Crippen LogP contribution in [0, 0.1) is 5.82 Å². The van der Waals surface area contributed by atoms with Crippen molar-refractivity contribution in [3.63, 3.8) is 0 Å². The van der Waals surface area contributed by atoms with Crippen LogP contribution < -0.4 is 4.74 Å². The quantitative estimate of drug-likeness (QED) is 0.414. The van der Waals surface area contributed by atoms with Crippen molar-refractivity contribution in [2.75, 3.05) is 13.1 Å². The van der Waals surface area contributed by atoms with Gasteiger partial charge in [0.05, 0.1) is 0 Å². The Bertz CT molecular complexity index is 694. The highest BCUT2D eigenvalue weighted by Crippen LogP contribution is 2.33. The predicted molar refractivity (Wildman–Crippen MR) is 98.7 cm³/mol. The zero-order valence-corrected chi connectivity index (χ0v) is 17.0. The van der Waals surface area contributed by atoms with Crippen LogP contribution in [0.25, 0.3) is 0 Å². The lowest BCUT2D eigenvalue weighted by atomic mass is 9.86. The van der Waals surface area contributed by atoms with Crippen LogP contribution in [0.1, 0.15) is 53.0 Å². The van der Waals surface area contributed by atoms with Gasteiger partial charge in [-0.15, -0.1) is 5.06 Å². The molecule has 7 nitrogen and oxygen atoms in total. The van der Waals surface area contributed by atoms with Gasteiger partial charge in [-0.2, -0.15) is 0 Å². The second-order valence-electron chi connectivity index (χ2n) is 7.87. The Morgan fingerprint density at radius 3 is 2.43 bits per heavy atom. The topological polar surface area (TPSA) is 74.3 Å². The molecule has 2 rings (SSSR count). The van der Waals surface area contributed by atoms with Gasteiger partial charge < -0.3 is 9.47 Å². The monoisotopic (exact) mass is 397 g/mol. The SMILES string of the molecule is CC(=O)OC(C)C(=O)OON1CCC(Oc2ccc(F)cc2C(C)(C)C)CC1. The van der Waals surface area contributed by atoms with E-state index < -0.39 is 18.0 Å². The number of ether oxygens (including phenoxy) is 2. The second kappa shape index (κ2) is 9.34. The number of carbonyl (C=O) groups is 2. The van der Waals surface area contributed by atoms with E-state index in [0.717, 1.165) is 5.56 Å². The van der Waals surface area contributed by atoms with Crippen LogP contribution in [0.4, 0.5) is 4.39 Å². The van der Waals surface area contributed by atoms with Crippen LogP contribution in [0.5, 0.6) is 5.75 Å². The molecule has 8 heteroatoms. The third kappa shape index (κ3) is 6.45. The molecule has 28 heavy (non-hydrogen) atoms. The number of hydroxylamine groups is 2. The lowest BCUT2D eigenvalue weighted by Gasteiger charge is -2.31. The molecule has 1 heterocycles. The summed E-state index contributed by atoms with van der Waals surface area (Å²) in [6, 6.07) is 4.57. The number of benzene rings is 1. The third-order valence-electron chi connectivity index (χ3n) is 4.34. The van der Waals surface area contributed by atoms with E-state index in [4.69, 9.17) is 19.3 Å². The maximum absolute atomic E-state index is 13.6. The lowest BCUT2D eigenvalue weighted by Crippen LogP contribution is -2.39. The summed E-state index contributed by atoms with van der Waals surface area (Å²) < 4.78 is 24.5. The zero-order valence-electron chi connectivity index (χ0n) is 17.0. The molecule has 0 saturated carbocycles. The molecule has 1 fully saturated rings. The van der Waals surface area contributed by atoms with E-state index >= 15 is 0 Å². The predicted octanol–water partition coefficient (Wildman–Crippen LogP) is 3.31. The van der Waals surface area contributed by atoms with E-state index in [2.05, 4.69) is 0 Å². The van der Waals surface area contributed by atoms with E-state index in [-0.39, 0.29) is 17.3 Å². The zero-order chi connectivity index (χ0) is 20.9. The fourth-order valence-corrected chi connectivity index (χ4v) is 2.85. The lowest BCUT2D eigenvalue weighted by molar-refractivity contribution is -0.404. The third-order valence-corrected chi connectivity index (χ3v) is 4.34. The number of hydrogen-bond acceptors (Lipinski definition) is 7. The summed E-state index contributed by atoms with van der Waals surface area (Å²) in [5.74, 6) is -0.965. The Balaban J connectivity index is 1.83. The summed E-state index contributed by atoms with van der Waals surface area (Å²) in [7, 11) is 0. The molecule has 0 spiro atoms. The second-order valence-corrected chi connectivity index (χ2v) is 7.87. The van der Waals surface area contributed by atoms with Crippen molar-refractivity contribution in [3.8, 4) is 5.75 Å². The van der Waals surface area contributed by atoms with Crippen LogP contribution in [0.2, 0.25) is 0 Å². The molecule has 156 valence electrons. The Morgan fingerprint density at radius 1 is 1.21 bits per heavy atom. The summed E-state index contributed by atoms with van der Waals surface area (Å²) in [4.78, 5) is 32.2. The molecule has 0 radical (unpaired) electrons. The van der Waals surface area contributed by atoms with Crippen LogP contribution in [-0.4, -0.2) is 42.3 Å². The summed E-state index contributed by atoms with van der Waals surface area (Å²) in [5.41, 5.74) is 0.577. The molecule has 1 saturated heterocycles. The first-order chi connectivity index (χ1) is 13.1. The average Bonchev–Trinajstić information content (AvgIpc) is 2.61. The van der Waals surface area contributed by atoms with Gasteiger partial charge in [0.1, 0.15) is 17.7 Å². The van der Waals surface area contributed by atoms with Crippen molar-refractivity contribution in [1.29, 1.82) is 0 Å². The summed E-state index contributed by atoms with van der Waals surface area (Å²) in [6.07, 6.45) is 0.213. The Morgan fingerprint density at radius 2 is 1.86 bits per heavy atom. The van der Waals surface area contributed by atoms with Gasteiger partial charge in [-0.3, -0.25) is 9.68 Å². The van der Waals surface area contributed by atoms with Crippen molar-refractivity contribution < 1.29 is 33.3 Å². The summed E-state index contributed by atoms with van der Waals surface area (Å²) in [5, 5.41) is 1.51. The van der Waals surface area contributed by atoms with Crippen molar-refractivity contribution in [2.24, 2.45) is 0 Å². The maximum atomic E-state index is 13.6. The molecule has 0 bridgehead atoms. The molecule has 0 amide bonds. The van der Waals surface area contributed by atoms with Gasteiger partial charge in [0.2, 0.25) is 0 Å². The normalized spacial score (nSPS) is 17.1. The number of hydrogen-bond donors (Lipinski definition) is 0. The highest BCUT2D eigenvalue weighted by Gasteiger charge is 2.27. The molecule has 1 aromatic carbocycles. The summed E-state index contributed by atoms with van der Waals surface area (Å²) >= 11 is 0. The van der Waals surface area contributed by atoms with E-state index in [0.29, 0.717) is 31.7 Å². The van der Waals surface area contributed by atoms with Gasteiger partial charge in [0.15, 0.2) is 6.10 Å².